The van der Waals surface area contributed by atoms with E-state index in [4.69, 9.17) is 0 Å². The third-order valence-corrected chi connectivity index (χ3v) is 6.74. The molecule has 0 bridgehead atoms. The first kappa shape index (κ1) is 23.2. The quantitative estimate of drug-likeness (QED) is 0.621. The average molecular weight is 415 g/mol. The summed E-state index contributed by atoms with van der Waals surface area (Å²) >= 11 is 0. The second-order valence-electron chi connectivity index (χ2n) is 9.48. The highest BCUT2D eigenvalue weighted by Gasteiger charge is 2.25. The van der Waals surface area contributed by atoms with Crippen LogP contribution < -0.4 is 0 Å². The first-order chi connectivity index (χ1) is 14.5. The van der Waals surface area contributed by atoms with Crippen LogP contribution in [0.5, 0.6) is 0 Å². The molecular weight excluding hydrogens is 372 g/mol. The van der Waals surface area contributed by atoms with Gasteiger partial charge in [0.25, 0.3) is 0 Å². The Morgan fingerprint density at radius 2 is 1.80 bits per heavy atom. The van der Waals surface area contributed by atoms with E-state index in [0.717, 1.165) is 51.7 Å². The standard InChI is InChI=1S/C25H42N4O/c1-4-5-11-26(3)19-23-9-12-27(13-10-23)21-25(30)29-16-14-28(15-17-29)20-24-8-6-7-22(2)18-24/h6-8,18,23H,4-5,9-17,19-21H2,1-3H3. The molecule has 1 aromatic rings. The van der Waals surface area contributed by atoms with Crippen LogP contribution in [0.2, 0.25) is 0 Å². The van der Waals surface area contributed by atoms with Crippen LogP contribution in [0.3, 0.4) is 0 Å². The molecule has 0 atom stereocenters. The molecule has 2 heterocycles. The van der Waals surface area contributed by atoms with E-state index in [2.05, 4.69) is 64.8 Å². The number of aryl methyl sites for hydroxylation is 1. The lowest BCUT2D eigenvalue weighted by Crippen LogP contribution is -2.51. The van der Waals surface area contributed by atoms with Crippen LogP contribution in [-0.2, 0) is 11.3 Å². The molecule has 0 saturated carbocycles. The van der Waals surface area contributed by atoms with Gasteiger partial charge >= 0.3 is 0 Å². The maximum atomic E-state index is 12.8. The van der Waals surface area contributed by atoms with E-state index >= 15 is 0 Å². The number of likely N-dealkylation sites (tertiary alicyclic amines) is 1. The van der Waals surface area contributed by atoms with Gasteiger partial charge in [-0.1, -0.05) is 43.2 Å². The van der Waals surface area contributed by atoms with Gasteiger partial charge in [-0.15, -0.1) is 0 Å². The van der Waals surface area contributed by atoms with Gasteiger partial charge in [-0.05, 0) is 64.3 Å². The highest BCUT2D eigenvalue weighted by Crippen LogP contribution is 2.19. The Balaban J connectivity index is 1.33. The summed E-state index contributed by atoms with van der Waals surface area (Å²) < 4.78 is 0. The smallest absolute Gasteiger partial charge is 0.236 e. The zero-order chi connectivity index (χ0) is 21.3. The van der Waals surface area contributed by atoms with Crippen molar-refractivity contribution in [2.45, 2.75) is 46.1 Å². The van der Waals surface area contributed by atoms with Crippen LogP contribution in [0.15, 0.2) is 24.3 Å². The Labute approximate surface area is 184 Å². The van der Waals surface area contributed by atoms with E-state index in [1.54, 1.807) is 0 Å². The van der Waals surface area contributed by atoms with Crippen LogP contribution in [-0.4, -0.2) is 91.5 Å². The van der Waals surface area contributed by atoms with Crippen molar-refractivity contribution in [3.63, 3.8) is 0 Å². The molecule has 0 radical (unpaired) electrons. The maximum absolute atomic E-state index is 12.8. The topological polar surface area (TPSA) is 30.0 Å². The minimum absolute atomic E-state index is 0.323. The number of unbranched alkanes of at least 4 members (excludes halogenated alkanes) is 1. The van der Waals surface area contributed by atoms with Crippen molar-refractivity contribution < 1.29 is 4.79 Å². The Morgan fingerprint density at radius 1 is 1.07 bits per heavy atom. The van der Waals surface area contributed by atoms with Crippen molar-refractivity contribution in [2.24, 2.45) is 5.92 Å². The minimum Gasteiger partial charge on any atom is -0.339 e. The van der Waals surface area contributed by atoms with Gasteiger partial charge in [-0.2, -0.15) is 0 Å². The molecule has 5 nitrogen and oxygen atoms in total. The first-order valence-electron chi connectivity index (χ1n) is 12.0. The van der Waals surface area contributed by atoms with E-state index in [0.29, 0.717) is 12.5 Å². The summed E-state index contributed by atoms with van der Waals surface area (Å²) in [7, 11) is 2.25. The molecule has 2 fully saturated rings. The normalized spacial score (nSPS) is 19.5. The van der Waals surface area contributed by atoms with Crippen molar-refractivity contribution in [3.05, 3.63) is 35.4 Å². The monoisotopic (exact) mass is 414 g/mol. The highest BCUT2D eigenvalue weighted by molar-refractivity contribution is 5.78. The predicted molar refractivity (Wildman–Crippen MR) is 125 cm³/mol. The molecule has 3 rings (SSSR count). The molecule has 30 heavy (non-hydrogen) atoms. The summed E-state index contributed by atoms with van der Waals surface area (Å²) in [6, 6.07) is 8.75. The number of benzene rings is 1. The second-order valence-corrected chi connectivity index (χ2v) is 9.48. The van der Waals surface area contributed by atoms with E-state index < -0.39 is 0 Å². The third kappa shape index (κ3) is 7.36. The Bertz CT molecular complexity index is 648. The number of hydrogen-bond acceptors (Lipinski definition) is 4. The van der Waals surface area contributed by atoms with Crippen LogP contribution in [0.4, 0.5) is 0 Å². The van der Waals surface area contributed by atoms with Crippen molar-refractivity contribution in [1.29, 1.82) is 0 Å². The predicted octanol–water partition coefficient (Wildman–Crippen LogP) is 3.08. The van der Waals surface area contributed by atoms with Crippen LogP contribution in [0.25, 0.3) is 0 Å². The fraction of sp³-hybridized carbons (Fsp3) is 0.720. The van der Waals surface area contributed by atoms with Gasteiger partial charge in [-0.3, -0.25) is 14.6 Å². The number of amides is 1. The largest absolute Gasteiger partial charge is 0.339 e. The van der Waals surface area contributed by atoms with Crippen molar-refractivity contribution in [1.82, 2.24) is 19.6 Å². The minimum atomic E-state index is 0.323. The number of carbonyl (C=O) groups excluding carboxylic acids is 1. The zero-order valence-corrected chi connectivity index (χ0v) is 19.5. The number of piperidine rings is 1. The number of carbonyl (C=O) groups is 1. The molecule has 5 heteroatoms. The molecule has 2 aliphatic rings. The number of piperazine rings is 1. The fourth-order valence-corrected chi connectivity index (χ4v) is 4.80. The van der Waals surface area contributed by atoms with Gasteiger partial charge in [0, 0.05) is 39.3 Å². The summed E-state index contributed by atoms with van der Waals surface area (Å²) in [5, 5.41) is 0. The zero-order valence-electron chi connectivity index (χ0n) is 19.5. The molecule has 0 spiro atoms. The average Bonchev–Trinajstić information content (AvgIpc) is 2.74. The lowest BCUT2D eigenvalue weighted by Gasteiger charge is -2.37. The van der Waals surface area contributed by atoms with E-state index in [1.807, 2.05) is 0 Å². The first-order valence-corrected chi connectivity index (χ1v) is 12.0. The van der Waals surface area contributed by atoms with Crippen molar-refractivity contribution in [2.75, 3.05) is 66.0 Å². The van der Waals surface area contributed by atoms with Crippen molar-refractivity contribution >= 4 is 5.91 Å². The van der Waals surface area contributed by atoms with E-state index in [-0.39, 0.29) is 0 Å². The molecule has 168 valence electrons. The van der Waals surface area contributed by atoms with Crippen LogP contribution >= 0.6 is 0 Å². The molecule has 0 aliphatic carbocycles. The molecule has 0 aromatic heterocycles. The summed E-state index contributed by atoms with van der Waals surface area (Å²) in [6.07, 6.45) is 5.02. The fourth-order valence-electron chi connectivity index (χ4n) is 4.80. The van der Waals surface area contributed by atoms with Gasteiger partial charge in [-0.25, -0.2) is 0 Å². The second kappa shape index (κ2) is 11.8. The molecule has 1 aromatic carbocycles. The van der Waals surface area contributed by atoms with Gasteiger partial charge in [0.1, 0.15) is 0 Å². The molecule has 1 amide bonds. The van der Waals surface area contributed by atoms with Gasteiger partial charge < -0.3 is 9.80 Å². The Hall–Kier alpha value is -1.43. The maximum Gasteiger partial charge on any atom is 0.236 e. The molecular formula is C25H42N4O. The number of nitrogens with zero attached hydrogens (tertiary/aromatic N) is 4. The lowest BCUT2D eigenvalue weighted by atomic mass is 9.96. The molecule has 0 N–H and O–H groups in total. The summed E-state index contributed by atoms with van der Waals surface area (Å²) in [4.78, 5) is 22.2. The number of rotatable bonds is 9. The summed E-state index contributed by atoms with van der Waals surface area (Å²) in [5.74, 6) is 1.12. The van der Waals surface area contributed by atoms with Crippen LogP contribution in [0.1, 0.15) is 43.7 Å². The highest BCUT2D eigenvalue weighted by atomic mass is 16.2. The molecule has 2 saturated heterocycles. The molecule has 2 aliphatic heterocycles. The number of hydrogen-bond donors (Lipinski definition) is 0. The lowest BCUT2D eigenvalue weighted by molar-refractivity contribution is -0.134. The van der Waals surface area contributed by atoms with Gasteiger partial charge in [0.05, 0.1) is 6.54 Å². The molecule has 0 unspecified atom stereocenters. The Morgan fingerprint density at radius 3 is 2.47 bits per heavy atom. The third-order valence-electron chi connectivity index (χ3n) is 6.74. The van der Waals surface area contributed by atoms with Gasteiger partial charge in [0.15, 0.2) is 0 Å². The van der Waals surface area contributed by atoms with Crippen molar-refractivity contribution in [3.8, 4) is 0 Å². The van der Waals surface area contributed by atoms with Gasteiger partial charge in [0.2, 0.25) is 5.91 Å². The Kier molecular flexibility index (Phi) is 9.16. The SMILES string of the molecule is CCCCN(C)CC1CCN(CC(=O)N2CCN(Cc3cccc(C)c3)CC2)CC1. The summed E-state index contributed by atoms with van der Waals surface area (Å²) in [6.45, 7) is 14.3. The van der Waals surface area contributed by atoms with E-state index in [9.17, 15) is 4.79 Å². The summed E-state index contributed by atoms with van der Waals surface area (Å²) in [5.41, 5.74) is 2.69. The van der Waals surface area contributed by atoms with E-state index in [1.165, 1.54) is 49.9 Å². The van der Waals surface area contributed by atoms with Crippen LogP contribution in [0, 0.1) is 12.8 Å².